The topological polar surface area (TPSA) is 169 Å². The first-order valence-corrected chi connectivity index (χ1v) is 12.7. The van der Waals surface area contributed by atoms with E-state index in [-0.39, 0.29) is 22.7 Å². The van der Waals surface area contributed by atoms with Gasteiger partial charge >= 0.3 is 5.97 Å². The highest BCUT2D eigenvalue weighted by molar-refractivity contribution is 6.32. The van der Waals surface area contributed by atoms with Crippen molar-refractivity contribution < 1.29 is 24.2 Å². The third-order valence-corrected chi connectivity index (χ3v) is 6.60. The van der Waals surface area contributed by atoms with E-state index in [9.17, 15) is 24.3 Å². The van der Waals surface area contributed by atoms with E-state index < -0.39 is 23.5 Å². The fourth-order valence-corrected chi connectivity index (χ4v) is 4.41. The maximum absolute atomic E-state index is 13.1. The molecular formula is C25H28ClN7O6. The summed E-state index contributed by atoms with van der Waals surface area (Å²) >= 11 is 6.36. The fourth-order valence-electron chi connectivity index (χ4n) is 4.28. The van der Waals surface area contributed by atoms with E-state index in [0.717, 1.165) is 19.1 Å². The van der Waals surface area contributed by atoms with Crippen molar-refractivity contribution in [2.75, 3.05) is 30.4 Å². The summed E-state index contributed by atoms with van der Waals surface area (Å²) in [5.41, 5.74) is 0.199. The summed E-state index contributed by atoms with van der Waals surface area (Å²) in [5, 5.41) is 15.5. The van der Waals surface area contributed by atoms with Gasteiger partial charge in [0.1, 0.15) is 17.0 Å². The van der Waals surface area contributed by atoms with E-state index in [4.69, 9.17) is 16.3 Å². The highest BCUT2D eigenvalue weighted by Gasteiger charge is 2.29. The smallest absolute Gasteiger partial charge is 0.354 e. The molecule has 4 rings (SSSR count). The number of rotatable bonds is 9. The molecule has 206 valence electrons. The van der Waals surface area contributed by atoms with Gasteiger partial charge in [-0.2, -0.15) is 4.98 Å². The van der Waals surface area contributed by atoms with Crippen LogP contribution in [0.4, 0.5) is 17.5 Å². The normalized spacial score (nSPS) is 14.7. The zero-order chi connectivity index (χ0) is 28.3. The highest BCUT2D eigenvalue weighted by Crippen LogP contribution is 2.28. The summed E-state index contributed by atoms with van der Waals surface area (Å²) in [5.74, 6) is -1.92. The Bertz CT molecular complexity index is 1470. The average Bonchev–Trinajstić information content (AvgIpc) is 2.92. The maximum atomic E-state index is 13.1. The molecule has 3 aromatic rings. The zero-order valence-electron chi connectivity index (χ0n) is 21.5. The molecule has 1 aliphatic heterocycles. The number of aldehydes is 1. The number of piperidine rings is 1. The third kappa shape index (κ3) is 5.93. The number of fused-ring (bicyclic) bond motifs is 1. The van der Waals surface area contributed by atoms with Crippen molar-refractivity contribution >= 4 is 58.3 Å². The van der Waals surface area contributed by atoms with Crippen LogP contribution in [0.25, 0.3) is 11.0 Å². The van der Waals surface area contributed by atoms with Gasteiger partial charge in [0, 0.05) is 37.5 Å². The van der Waals surface area contributed by atoms with Crippen LogP contribution in [-0.4, -0.2) is 69.0 Å². The van der Waals surface area contributed by atoms with Gasteiger partial charge in [-0.15, -0.1) is 0 Å². The molecule has 0 saturated carbocycles. The Morgan fingerprint density at radius 1 is 1.21 bits per heavy atom. The van der Waals surface area contributed by atoms with Crippen molar-refractivity contribution in [2.24, 2.45) is 5.92 Å². The molecule has 3 aromatic heterocycles. The maximum Gasteiger partial charge on any atom is 0.354 e. The highest BCUT2D eigenvalue weighted by atomic mass is 35.5. The number of nitrogens with zero attached hydrogens (tertiary/aromatic N) is 5. The molecule has 0 bridgehead atoms. The minimum Gasteiger partial charge on any atom is -0.478 e. The largest absolute Gasteiger partial charge is 0.478 e. The summed E-state index contributed by atoms with van der Waals surface area (Å²) in [4.78, 5) is 63.1. The molecular weight excluding hydrogens is 530 g/mol. The number of hydrogen-bond donors (Lipinski definition) is 3. The minimum atomic E-state index is -1.91. The molecule has 39 heavy (non-hydrogen) atoms. The zero-order valence-corrected chi connectivity index (χ0v) is 22.3. The summed E-state index contributed by atoms with van der Waals surface area (Å²) < 4.78 is 6.73. The van der Waals surface area contributed by atoms with Gasteiger partial charge in [-0.25, -0.2) is 14.8 Å². The van der Waals surface area contributed by atoms with Crippen LogP contribution in [0.1, 0.15) is 32.7 Å². The van der Waals surface area contributed by atoms with Gasteiger partial charge in [0.15, 0.2) is 11.6 Å². The molecule has 0 aliphatic carbocycles. The van der Waals surface area contributed by atoms with E-state index in [1.165, 1.54) is 30.1 Å². The standard InChI is InChI=1S/C25H28ClN7O6/c1-13(2)33-21-15(9-18(23(33)36)39-19(24(37)38)22(35)27-3)8-16(10-28-21)30-20-17(26)11-29-25(31-20)32-6-4-14(12-34)5-7-32/h8-14,19H,4-7H2,1-3H3,(H,27,35)(H,37,38)(H,29,30,31). The van der Waals surface area contributed by atoms with Gasteiger partial charge < -0.3 is 30.2 Å². The average molecular weight is 558 g/mol. The predicted molar refractivity (Wildman–Crippen MR) is 144 cm³/mol. The lowest BCUT2D eigenvalue weighted by atomic mass is 9.99. The molecule has 0 spiro atoms. The van der Waals surface area contributed by atoms with Crippen LogP contribution in [-0.2, 0) is 14.4 Å². The lowest BCUT2D eigenvalue weighted by Crippen LogP contribution is -2.43. The molecule has 13 nitrogen and oxygen atoms in total. The Hall–Kier alpha value is -4.26. The van der Waals surface area contributed by atoms with Crippen LogP contribution in [0.3, 0.4) is 0 Å². The Balaban J connectivity index is 1.69. The Morgan fingerprint density at radius 2 is 1.92 bits per heavy atom. The number of aromatic nitrogens is 4. The van der Waals surface area contributed by atoms with E-state index >= 15 is 0 Å². The number of halogens is 1. The second kappa shape index (κ2) is 11.6. The van der Waals surface area contributed by atoms with Crippen LogP contribution in [0.5, 0.6) is 5.75 Å². The number of pyridine rings is 2. The Kier molecular flexibility index (Phi) is 8.29. The molecule has 14 heteroatoms. The number of anilines is 3. The third-order valence-electron chi connectivity index (χ3n) is 6.32. The van der Waals surface area contributed by atoms with Crippen LogP contribution >= 0.6 is 11.6 Å². The number of aliphatic carboxylic acids is 1. The first-order chi connectivity index (χ1) is 18.6. The first-order valence-electron chi connectivity index (χ1n) is 12.3. The monoisotopic (exact) mass is 557 g/mol. The summed E-state index contributed by atoms with van der Waals surface area (Å²) in [6.07, 6.45) is 3.51. The van der Waals surface area contributed by atoms with E-state index in [1.54, 1.807) is 19.9 Å². The van der Waals surface area contributed by atoms with Crippen molar-refractivity contribution in [3.63, 3.8) is 0 Å². The predicted octanol–water partition coefficient (Wildman–Crippen LogP) is 2.16. The van der Waals surface area contributed by atoms with Crippen molar-refractivity contribution in [1.29, 1.82) is 0 Å². The summed E-state index contributed by atoms with van der Waals surface area (Å²) in [7, 11) is 1.27. The van der Waals surface area contributed by atoms with Crippen LogP contribution in [0.2, 0.25) is 5.02 Å². The number of hydrogen-bond acceptors (Lipinski definition) is 10. The van der Waals surface area contributed by atoms with Gasteiger partial charge in [0.2, 0.25) is 5.95 Å². The number of nitrogens with one attached hydrogen (secondary N) is 2. The Morgan fingerprint density at radius 3 is 2.54 bits per heavy atom. The number of carbonyl (C=O) groups excluding carboxylic acids is 2. The molecule has 1 aliphatic rings. The molecule has 4 heterocycles. The van der Waals surface area contributed by atoms with Crippen molar-refractivity contribution in [3.05, 3.63) is 39.9 Å². The number of amides is 1. The molecule has 0 aromatic carbocycles. The lowest BCUT2D eigenvalue weighted by Gasteiger charge is -2.29. The van der Waals surface area contributed by atoms with Crippen molar-refractivity contribution in [1.82, 2.24) is 24.8 Å². The minimum absolute atomic E-state index is 0.0362. The van der Waals surface area contributed by atoms with E-state index in [2.05, 4.69) is 25.6 Å². The fraction of sp³-hybridized carbons (Fsp3) is 0.400. The molecule has 3 N–H and O–H groups in total. The number of carboxylic acids is 1. The summed E-state index contributed by atoms with van der Waals surface area (Å²) in [6, 6.07) is 2.68. The first kappa shape index (κ1) is 27.8. The SMILES string of the molecule is CNC(=O)C(Oc1cc2cc(Nc3nc(N4CCC(C=O)CC4)ncc3Cl)cnc2n(C(C)C)c1=O)C(=O)O. The molecule has 1 atom stereocenters. The number of carbonyl (C=O) groups is 3. The number of carboxylic acid groups (broad SMARTS) is 1. The van der Waals surface area contributed by atoms with Gasteiger partial charge in [-0.1, -0.05) is 11.6 Å². The molecule has 0 radical (unpaired) electrons. The van der Waals surface area contributed by atoms with E-state index in [1.807, 2.05) is 4.90 Å². The molecule has 1 amide bonds. The molecule has 1 fully saturated rings. The van der Waals surface area contributed by atoms with Crippen molar-refractivity contribution in [3.8, 4) is 5.75 Å². The van der Waals surface area contributed by atoms with Crippen LogP contribution in [0.15, 0.2) is 29.3 Å². The van der Waals surface area contributed by atoms with Crippen LogP contribution < -0.4 is 25.8 Å². The van der Waals surface area contributed by atoms with Gasteiger partial charge in [-0.3, -0.25) is 14.2 Å². The molecule has 1 saturated heterocycles. The van der Waals surface area contributed by atoms with E-state index in [0.29, 0.717) is 41.6 Å². The Labute approximate surface area is 228 Å². The van der Waals surface area contributed by atoms with Gasteiger partial charge in [0.05, 0.1) is 18.1 Å². The second-order valence-corrected chi connectivity index (χ2v) is 9.72. The quantitative estimate of drug-likeness (QED) is 0.260. The van der Waals surface area contributed by atoms with Gasteiger partial charge in [0.25, 0.3) is 17.6 Å². The molecule has 1 unspecified atom stereocenters. The van der Waals surface area contributed by atoms with Crippen LogP contribution in [0, 0.1) is 5.92 Å². The van der Waals surface area contributed by atoms with Gasteiger partial charge in [-0.05, 0) is 38.8 Å². The summed E-state index contributed by atoms with van der Waals surface area (Å²) in [6.45, 7) is 4.83. The second-order valence-electron chi connectivity index (χ2n) is 9.32. The lowest BCUT2D eigenvalue weighted by molar-refractivity contribution is -0.151. The number of likely N-dealkylation sites (N-methyl/N-ethyl adjacent to an activating group) is 1. The van der Waals surface area contributed by atoms with Crippen molar-refractivity contribution in [2.45, 2.75) is 38.8 Å². The number of ether oxygens (including phenoxy) is 1.